The van der Waals surface area contributed by atoms with E-state index in [0.29, 0.717) is 17.5 Å². The van der Waals surface area contributed by atoms with Gasteiger partial charge in [0.2, 0.25) is 0 Å². The molecule has 5 heterocycles. The molecule has 7 heteroatoms. The fourth-order valence-electron chi connectivity index (χ4n) is 11.4. The van der Waals surface area contributed by atoms with Gasteiger partial charge in [0.15, 0.2) is 17.5 Å². The molecule has 0 fully saturated rings. The van der Waals surface area contributed by atoms with Gasteiger partial charge in [0.25, 0.3) is 0 Å². The fourth-order valence-corrected chi connectivity index (χ4v) is 12.5. The molecule has 0 saturated carbocycles. The van der Waals surface area contributed by atoms with Gasteiger partial charge in [-0.15, -0.1) is 11.3 Å². The zero-order valence-corrected chi connectivity index (χ0v) is 39.2. The summed E-state index contributed by atoms with van der Waals surface area (Å²) < 4.78 is 14.2. The predicted molar refractivity (Wildman–Crippen MR) is 300 cm³/mol. The van der Waals surface area contributed by atoms with Crippen molar-refractivity contribution < 1.29 is 4.42 Å². The molecule has 0 radical (unpaired) electrons. The van der Waals surface area contributed by atoms with Crippen LogP contribution in [0.1, 0.15) is 0 Å². The van der Waals surface area contributed by atoms with Crippen LogP contribution in [0.3, 0.4) is 0 Å². The van der Waals surface area contributed by atoms with Crippen LogP contribution in [0, 0.1) is 0 Å². The number of aromatic nitrogens is 5. The van der Waals surface area contributed by atoms with Crippen molar-refractivity contribution in [2.24, 2.45) is 0 Å². The molecule has 0 unspecified atom stereocenters. The average molecular weight is 936 g/mol. The van der Waals surface area contributed by atoms with Crippen molar-refractivity contribution >= 4 is 119 Å². The lowest BCUT2D eigenvalue weighted by Crippen LogP contribution is -2.04. The molecule has 0 N–H and O–H groups in total. The Morgan fingerprint density at radius 2 is 0.917 bits per heavy atom. The lowest BCUT2D eigenvalue weighted by atomic mass is 10.0. The first-order valence-electron chi connectivity index (χ1n) is 24.2. The molecular weight excluding hydrogens is 899 g/mol. The summed E-state index contributed by atoms with van der Waals surface area (Å²) in [6.45, 7) is 0. The highest BCUT2D eigenvalue weighted by Crippen LogP contribution is 2.44. The molecule has 334 valence electrons. The Kier molecular flexibility index (Phi) is 8.23. The number of nitrogens with zero attached hydrogens (tertiary/aromatic N) is 5. The van der Waals surface area contributed by atoms with Crippen LogP contribution in [0.4, 0.5) is 0 Å². The third kappa shape index (κ3) is 5.80. The second-order valence-electron chi connectivity index (χ2n) is 18.7. The van der Waals surface area contributed by atoms with E-state index in [4.69, 9.17) is 19.4 Å². The predicted octanol–water partition coefficient (Wildman–Crippen LogP) is 17.6. The van der Waals surface area contributed by atoms with E-state index in [-0.39, 0.29) is 0 Å². The third-order valence-electron chi connectivity index (χ3n) is 14.7. The summed E-state index contributed by atoms with van der Waals surface area (Å²) in [5.41, 5.74) is 10.7. The average Bonchev–Trinajstić information content (AvgIpc) is 4.19. The summed E-state index contributed by atoms with van der Waals surface area (Å²) in [4.78, 5) is 16.6. The highest BCUT2D eigenvalue weighted by Gasteiger charge is 2.24. The molecule has 6 nitrogen and oxygen atoms in total. The third-order valence-corrected chi connectivity index (χ3v) is 15.9. The maximum Gasteiger partial charge on any atom is 0.166 e. The summed E-state index contributed by atoms with van der Waals surface area (Å²) in [7, 11) is 0. The van der Waals surface area contributed by atoms with Gasteiger partial charge in [-0.1, -0.05) is 140 Å². The van der Waals surface area contributed by atoms with Gasteiger partial charge in [-0.3, -0.25) is 0 Å². The zero-order chi connectivity index (χ0) is 47.0. The Morgan fingerprint density at radius 1 is 0.333 bits per heavy atom. The highest BCUT2D eigenvalue weighted by molar-refractivity contribution is 7.25. The minimum Gasteiger partial charge on any atom is -0.455 e. The quantitative estimate of drug-likeness (QED) is 0.172. The number of benzene rings is 11. The number of hydrogen-bond donors (Lipinski definition) is 0. The molecule has 16 aromatic rings. The molecule has 16 rings (SSSR count). The minimum atomic E-state index is 0.563. The van der Waals surface area contributed by atoms with Gasteiger partial charge in [-0.2, -0.15) is 0 Å². The van der Waals surface area contributed by atoms with Crippen LogP contribution in [0.15, 0.2) is 229 Å². The largest absolute Gasteiger partial charge is 0.455 e. The number of rotatable bonds is 5. The summed E-state index contributed by atoms with van der Waals surface area (Å²) in [6.07, 6.45) is 0. The summed E-state index contributed by atoms with van der Waals surface area (Å²) >= 11 is 1.81. The van der Waals surface area contributed by atoms with Crippen molar-refractivity contribution in [3.63, 3.8) is 0 Å². The van der Waals surface area contributed by atoms with E-state index in [9.17, 15) is 0 Å². The van der Waals surface area contributed by atoms with Crippen molar-refractivity contribution in [3.8, 4) is 45.5 Å². The first kappa shape index (κ1) is 39.4. The molecule has 0 bridgehead atoms. The Morgan fingerprint density at radius 3 is 1.74 bits per heavy atom. The Labute approximate surface area is 414 Å². The lowest BCUT2D eigenvalue weighted by molar-refractivity contribution is 0.672. The summed E-state index contributed by atoms with van der Waals surface area (Å²) in [6, 6.07) is 80.3. The molecule has 0 aliphatic carbocycles. The van der Waals surface area contributed by atoms with Crippen LogP contribution in [-0.2, 0) is 0 Å². The van der Waals surface area contributed by atoms with Crippen molar-refractivity contribution in [3.05, 3.63) is 224 Å². The van der Waals surface area contributed by atoms with E-state index in [1.807, 2.05) is 0 Å². The fraction of sp³-hybridized carbons (Fsp3) is 0. The van der Waals surface area contributed by atoms with Gasteiger partial charge in [0.1, 0.15) is 11.2 Å². The first-order chi connectivity index (χ1) is 35.7. The molecule has 72 heavy (non-hydrogen) atoms. The zero-order valence-electron chi connectivity index (χ0n) is 38.4. The summed E-state index contributed by atoms with van der Waals surface area (Å²) in [5.74, 6) is 1.74. The summed E-state index contributed by atoms with van der Waals surface area (Å²) in [5, 5.41) is 13.7. The number of fused-ring (bicyclic) bond motifs is 15. The van der Waals surface area contributed by atoms with E-state index in [1.54, 1.807) is 11.3 Å². The van der Waals surface area contributed by atoms with Gasteiger partial charge in [-0.25, -0.2) is 15.0 Å². The van der Waals surface area contributed by atoms with E-state index in [1.165, 1.54) is 36.3 Å². The van der Waals surface area contributed by atoms with Gasteiger partial charge < -0.3 is 13.6 Å². The van der Waals surface area contributed by atoms with E-state index in [0.717, 1.165) is 99.0 Å². The van der Waals surface area contributed by atoms with E-state index >= 15 is 0 Å². The molecule has 0 spiro atoms. The molecule has 11 aromatic carbocycles. The van der Waals surface area contributed by atoms with Crippen LogP contribution in [0.25, 0.3) is 153 Å². The van der Waals surface area contributed by atoms with Gasteiger partial charge >= 0.3 is 0 Å². The molecular formula is C65H37N5OS. The van der Waals surface area contributed by atoms with Crippen LogP contribution >= 0.6 is 11.3 Å². The van der Waals surface area contributed by atoms with Crippen molar-refractivity contribution in [1.82, 2.24) is 24.1 Å². The molecule has 0 saturated heterocycles. The minimum absolute atomic E-state index is 0.563. The Balaban J connectivity index is 1.02. The van der Waals surface area contributed by atoms with Crippen molar-refractivity contribution in [1.29, 1.82) is 0 Å². The molecule has 5 aromatic heterocycles. The Hall–Kier alpha value is -9.43. The maximum absolute atomic E-state index is 6.99. The standard InChI is InChI=1S/C65H37N5OS/c1-2-17-43(18-3-1)69-54-23-11-8-20-45(54)47-29-27-42(35-56(47)69)64-66-63(41-28-31-61-52(33-41)48-22-10-13-25-60(48)72-61)67-65(68-64)53-36-51-49-30-26-38-14-6-7-19-44(38)62(49)71-59(51)37-58(53)70-55-24-12-9-21-46(55)50-32-39-15-4-5-16-40(39)34-57(50)70/h1-37H. The first-order valence-corrected chi connectivity index (χ1v) is 25.1. The van der Waals surface area contributed by atoms with Gasteiger partial charge in [0, 0.05) is 86.3 Å². The van der Waals surface area contributed by atoms with E-state index < -0.39 is 0 Å². The maximum atomic E-state index is 6.99. The highest BCUT2D eigenvalue weighted by atomic mass is 32.1. The van der Waals surface area contributed by atoms with Gasteiger partial charge in [-0.05, 0) is 95.0 Å². The van der Waals surface area contributed by atoms with Gasteiger partial charge in [0.05, 0.1) is 27.8 Å². The van der Waals surface area contributed by atoms with Crippen LogP contribution in [-0.4, -0.2) is 24.1 Å². The van der Waals surface area contributed by atoms with Crippen LogP contribution < -0.4 is 0 Å². The monoisotopic (exact) mass is 935 g/mol. The molecule has 0 atom stereocenters. The second kappa shape index (κ2) is 15.0. The SMILES string of the molecule is c1ccc(-n2c3ccccc3c3ccc(-c4nc(-c5ccc6sc7ccccc7c6c5)nc(-c5cc6c(cc5-n5c7ccccc7c7cc8ccccc8cc75)oc5c7ccccc7ccc65)n4)cc32)cc1. The lowest BCUT2D eigenvalue weighted by Gasteiger charge is -2.15. The van der Waals surface area contributed by atoms with Crippen molar-refractivity contribution in [2.45, 2.75) is 0 Å². The smallest absolute Gasteiger partial charge is 0.166 e. The number of furan rings is 1. The second-order valence-corrected chi connectivity index (χ2v) is 19.8. The molecule has 0 aliphatic rings. The number of thiophene rings is 1. The van der Waals surface area contributed by atoms with E-state index in [2.05, 4.69) is 234 Å². The van der Waals surface area contributed by atoms with Crippen LogP contribution in [0.2, 0.25) is 0 Å². The topological polar surface area (TPSA) is 61.7 Å². The number of hydrogen-bond acceptors (Lipinski definition) is 5. The Bertz CT molecular complexity index is 4940. The number of para-hydroxylation sites is 3. The van der Waals surface area contributed by atoms with Crippen molar-refractivity contribution in [2.75, 3.05) is 0 Å². The normalized spacial score (nSPS) is 12.2. The molecule has 0 amide bonds. The molecule has 0 aliphatic heterocycles. The van der Waals surface area contributed by atoms with Crippen LogP contribution in [0.5, 0.6) is 0 Å².